The van der Waals surface area contributed by atoms with E-state index < -0.39 is 0 Å². The third-order valence-corrected chi connectivity index (χ3v) is 6.89. The number of piperidine rings is 1. The van der Waals surface area contributed by atoms with E-state index in [9.17, 15) is 4.79 Å². The average molecular weight is 470 g/mol. The van der Waals surface area contributed by atoms with Crippen molar-refractivity contribution in [3.63, 3.8) is 0 Å². The summed E-state index contributed by atoms with van der Waals surface area (Å²) < 4.78 is 8.04. The fourth-order valence-corrected chi connectivity index (χ4v) is 5.29. The molecule has 7 nitrogen and oxygen atoms in total. The third kappa shape index (κ3) is 4.63. The summed E-state index contributed by atoms with van der Waals surface area (Å²) in [6, 6.07) is 14.2. The van der Waals surface area contributed by atoms with E-state index >= 15 is 0 Å². The highest BCUT2D eigenvalue weighted by molar-refractivity contribution is 6.31. The van der Waals surface area contributed by atoms with Gasteiger partial charge in [0.1, 0.15) is 0 Å². The van der Waals surface area contributed by atoms with E-state index in [4.69, 9.17) is 16.3 Å². The minimum absolute atomic E-state index is 0.0397. The molecule has 2 aliphatic heterocycles. The molecule has 0 radical (unpaired) electrons. The Morgan fingerprint density at radius 2 is 1.91 bits per heavy atom. The van der Waals surface area contributed by atoms with Crippen molar-refractivity contribution in [2.75, 3.05) is 36.4 Å². The fraction of sp³-hybridized carbons (Fsp3) is 0.480. The molecule has 0 bridgehead atoms. The number of halogens is 1. The number of nitrogens with one attached hydrogen (secondary N) is 2. The van der Waals surface area contributed by atoms with Crippen LogP contribution >= 0.6 is 11.6 Å². The summed E-state index contributed by atoms with van der Waals surface area (Å²) >= 11 is 6.09. The normalized spacial score (nSPS) is 19.4. The lowest BCUT2D eigenvalue weighted by Crippen LogP contribution is -2.42. The number of imidazole rings is 1. The predicted molar refractivity (Wildman–Crippen MR) is 134 cm³/mol. The molecule has 2 aliphatic rings. The Bertz CT molecular complexity index is 1170. The van der Waals surface area contributed by atoms with Crippen molar-refractivity contribution in [2.24, 2.45) is 0 Å². The monoisotopic (exact) mass is 469 g/mol. The van der Waals surface area contributed by atoms with Crippen molar-refractivity contribution < 1.29 is 4.74 Å². The number of benzene rings is 2. The number of likely N-dealkylation sites (tertiary alicyclic amines) is 1. The van der Waals surface area contributed by atoms with Crippen molar-refractivity contribution in [3.05, 3.63) is 58.0 Å². The first-order valence-electron chi connectivity index (χ1n) is 11.9. The van der Waals surface area contributed by atoms with Crippen LogP contribution in [0.25, 0.3) is 11.0 Å². The molecule has 33 heavy (non-hydrogen) atoms. The largest absolute Gasteiger partial charge is 0.341 e. The van der Waals surface area contributed by atoms with E-state index in [-0.39, 0.29) is 24.2 Å². The van der Waals surface area contributed by atoms with Gasteiger partial charge in [-0.2, -0.15) is 0 Å². The Morgan fingerprint density at radius 1 is 1.12 bits per heavy atom. The number of aromatic nitrogens is 2. The zero-order chi connectivity index (χ0) is 22.9. The highest BCUT2D eigenvalue weighted by atomic mass is 35.5. The van der Waals surface area contributed by atoms with Crippen molar-refractivity contribution in [2.45, 2.75) is 51.6 Å². The maximum Gasteiger partial charge on any atom is 0.326 e. The number of aromatic amines is 1. The Kier molecular flexibility index (Phi) is 6.36. The summed E-state index contributed by atoms with van der Waals surface area (Å²) in [5.74, 6) is 0. The summed E-state index contributed by atoms with van der Waals surface area (Å²) in [7, 11) is 0. The van der Waals surface area contributed by atoms with Gasteiger partial charge in [0.05, 0.1) is 28.5 Å². The number of hydrogen-bond donors (Lipinski definition) is 2. The number of anilines is 2. The molecule has 1 saturated heterocycles. The highest BCUT2D eigenvalue weighted by Gasteiger charge is 2.30. The SMILES string of the molecule is CC(C)OC1Nc2ccccc2N1CCCN1CCC(n2c(=O)[nH]c3cc(Cl)ccc32)CC1. The van der Waals surface area contributed by atoms with Crippen LogP contribution in [0.1, 0.15) is 39.2 Å². The second kappa shape index (κ2) is 9.41. The quantitative estimate of drug-likeness (QED) is 0.527. The molecule has 0 amide bonds. The van der Waals surface area contributed by atoms with Crippen LogP contribution in [-0.4, -0.2) is 53.1 Å². The zero-order valence-corrected chi connectivity index (χ0v) is 20.0. The van der Waals surface area contributed by atoms with Crippen LogP contribution in [0, 0.1) is 0 Å². The van der Waals surface area contributed by atoms with Crippen molar-refractivity contribution in [1.82, 2.24) is 14.5 Å². The van der Waals surface area contributed by atoms with Crippen molar-refractivity contribution in [3.8, 4) is 0 Å². The van der Waals surface area contributed by atoms with Gasteiger partial charge >= 0.3 is 5.69 Å². The molecule has 0 spiro atoms. The first kappa shape index (κ1) is 22.3. The van der Waals surface area contributed by atoms with E-state index in [2.05, 4.69) is 58.2 Å². The van der Waals surface area contributed by atoms with Crippen LogP contribution in [0.15, 0.2) is 47.3 Å². The van der Waals surface area contributed by atoms with Gasteiger partial charge in [-0.3, -0.25) is 4.57 Å². The van der Waals surface area contributed by atoms with E-state index in [1.807, 2.05) is 22.8 Å². The molecule has 1 atom stereocenters. The van der Waals surface area contributed by atoms with Gasteiger partial charge in [0, 0.05) is 30.7 Å². The summed E-state index contributed by atoms with van der Waals surface area (Å²) in [5, 5.41) is 4.14. The lowest BCUT2D eigenvalue weighted by molar-refractivity contribution is 0.0255. The molecule has 3 aromatic rings. The lowest BCUT2D eigenvalue weighted by Gasteiger charge is -2.33. The molecule has 1 aromatic heterocycles. The van der Waals surface area contributed by atoms with Gasteiger partial charge < -0.3 is 24.8 Å². The number of fused-ring (bicyclic) bond motifs is 2. The minimum atomic E-state index is -0.115. The number of H-pyrrole nitrogens is 1. The molecule has 1 unspecified atom stereocenters. The van der Waals surface area contributed by atoms with Crippen LogP contribution in [0.4, 0.5) is 11.4 Å². The molecule has 2 aromatic carbocycles. The molecule has 176 valence electrons. The molecular weight excluding hydrogens is 438 g/mol. The molecule has 0 saturated carbocycles. The molecule has 1 fully saturated rings. The van der Waals surface area contributed by atoms with Crippen LogP contribution in [0.5, 0.6) is 0 Å². The predicted octanol–water partition coefficient (Wildman–Crippen LogP) is 4.65. The van der Waals surface area contributed by atoms with Crippen LogP contribution in [0.3, 0.4) is 0 Å². The number of para-hydroxylation sites is 2. The average Bonchev–Trinajstić information content (AvgIpc) is 3.30. The van der Waals surface area contributed by atoms with Gasteiger partial charge in [-0.1, -0.05) is 23.7 Å². The Balaban J connectivity index is 1.17. The number of hydrogen-bond acceptors (Lipinski definition) is 5. The van der Waals surface area contributed by atoms with E-state index in [1.54, 1.807) is 0 Å². The van der Waals surface area contributed by atoms with Gasteiger partial charge in [0.15, 0.2) is 0 Å². The molecule has 2 N–H and O–H groups in total. The highest BCUT2D eigenvalue weighted by Crippen LogP contribution is 2.35. The maximum absolute atomic E-state index is 12.6. The second-order valence-corrected chi connectivity index (χ2v) is 9.72. The summed E-state index contributed by atoms with van der Waals surface area (Å²) in [6.07, 6.45) is 3.05. The minimum Gasteiger partial charge on any atom is -0.341 e. The topological polar surface area (TPSA) is 65.5 Å². The molecular formula is C25H32ClN5O2. The van der Waals surface area contributed by atoms with Gasteiger partial charge in [-0.15, -0.1) is 0 Å². The lowest BCUT2D eigenvalue weighted by atomic mass is 10.0. The first-order chi connectivity index (χ1) is 16.0. The molecule has 8 heteroatoms. The summed E-state index contributed by atoms with van der Waals surface area (Å²) in [4.78, 5) is 20.4. The Hall–Kier alpha value is -2.48. The van der Waals surface area contributed by atoms with Crippen molar-refractivity contribution >= 4 is 34.0 Å². The molecule has 0 aliphatic carbocycles. The first-order valence-corrected chi connectivity index (χ1v) is 12.3. The zero-order valence-electron chi connectivity index (χ0n) is 19.3. The second-order valence-electron chi connectivity index (χ2n) is 9.28. The van der Waals surface area contributed by atoms with Crippen LogP contribution in [0.2, 0.25) is 5.02 Å². The van der Waals surface area contributed by atoms with Crippen LogP contribution in [-0.2, 0) is 4.74 Å². The Labute approximate surface area is 199 Å². The number of rotatable bonds is 7. The standard InChI is InChI=1S/C25H32ClN5O2/c1-17(2)33-25-28-20-6-3-4-7-22(20)30(25)13-5-12-29-14-10-19(11-15-29)31-23-9-8-18(26)16-21(23)27-24(31)32/h3-4,6-9,16-17,19,25,28H,5,10-15H2,1-2H3,(H,27,32). The number of nitrogens with zero attached hydrogens (tertiary/aromatic N) is 3. The third-order valence-electron chi connectivity index (χ3n) is 6.65. The van der Waals surface area contributed by atoms with Gasteiger partial charge in [0.2, 0.25) is 6.35 Å². The number of ether oxygens (including phenoxy) is 1. The summed E-state index contributed by atoms with van der Waals surface area (Å²) in [5.41, 5.74) is 4.06. The fourth-order valence-electron chi connectivity index (χ4n) is 5.12. The molecule has 5 rings (SSSR count). The van der Waals surface area contributed by atoms with E-state index in [0.717, 1.165) is 62.2 Å². The molecule has 3 heterocycles. The van der Waals surface area contributed by atoms with Crippen LogP contribution < -0.4 is 15.9 Å². The van der Waals surface area contributed by atoms with E-state index in [0.29, 0.717) is 5.02 Å². The van der Waals surface area contributed by atoms with Gasteiger partial charge in [0.25, 0.3) is 0 Å². The van der Waals surface area contributed by atoms with E-state index in [1.165, 1.54) is 5.69 Å². The van der Waals surface area contributed by atoms with Gasteiger partial charge in [-0.05, 0) is 70.0 Å². The summed E-state index contributed by atoms with van der Waals surface area (Å²) in [6.45, 7) is 8.11. The van der Waals surface area contributed by atoms with Gasteiger partial charge in [-0.25, -0.2) is 4.79 Å². The smallest absolute Gasteiger partial charge is 0.326 e. The Morgan fingerprint density at radius 3 is 2.70 bits per heavy atom. The van der Waals surface area contributed by atoms with Crippen molar-refractivity contribution in [1.29, 1.82) is 0 Å². The maximum atomic E-state index is 12.6.